The molecule has 0 saturated heterocycles. The molecule has 0 N–H and O–H groups in total. The third kappa shape index (κ3) is 1.96. The molecule has 0 aromatic heterocycles. The Morgan fingerprint density at radius 1 is 1.44 bits per heavy atom. The second kappa shape index (κ2) is 4.41. The largest absolute Gasteiger partial charge is 0.334 e. The zero-order chi connectivity index (χ0) is 13.3. The molecule has 1 heterocycles. The van der Waals surface area contributed by atoms with Crippen LogP contribution in [0.5, 0.6) is 0 Å². The molecule has 0 aliphatic carbocycles. The maximum Gasteiger partial charge on any atom is 0.254 e. The van der Waals surface area contributed by atoms with Crippen LogP contribution in [0.3, 0.4) is 0 Å². The zero-order valence-corrected chi connectivity index (χ0v) is 10.8. The Kier molecular flexibility index (Phi) is 3.07. The maximum atomic E-state index is 12.3. The molecular weight excluding hydrogens is 226 g/mol. The molecule has 1 aliphatic rings. The van der Waals surface area contributed by atoms with Gasteiger partial charge in [-0.25, -0.2) is 0 Å². The van der Waals surface area contributed by atoms with Gasteiger partial charge in [-0.05, 0) is 17.7 Å². The summed E-state index contributed by atoms with van der Waals surface area (Å²) < 4.78 is 0. The minimum Gasteiger partial charge on any atom is -0.334 e. The lowest BCUT2D eigenvalue weighted by atomic mass is 9.77. The van der Waals surface area contributed by atoms with Gasteiger partial charge in [-0.15, -0.1) is 6.58 Å². The summed E-state index contributed by atoms with van der Waals surface area (Å²) in [6, 6.07) is 5.26. The van der Waals surface area contributed by atoms with E-state index >= 15 is 0 Å². The minimum atomic E-state index is -0.148. The SMILES string of the molecule is C=CCN1CC(C)(C)c2cc(C=O)ccc2C1=O. The first-order valence-corrected chi connectivity index (χ1v) is 5.99. The summed E-state index contributed by atoms with van der Waals surface area (Å²) in [4.78, 5) is 24.9. The van der Waals surface area contributed by atoms with E-state index in [1.54, 1.807) is 23.1 Å². The smallest absolute Gasteiger partial charge is 0.254 e. The van der Waals surface area contributed by atoms with Gasteiger partial charge in [0.1, 0.15) is 6.29 Å². The standard InChI is InChI=1S/C15H17NO2/c1-4-7-16-10-15(2,3)13-8-11(9-17)5-6-12(13)14(16)18/h4-6,8-9H,1,7,10H2,2-3H3. The van der Waals surface area contributed by atoms with Crippen molar-refractivity contribution in [3.05, 3.63) is 47.5 Å². The van der Waals surface area contributed by atoms with E-state index in [0.29, 0.717) is 24.2 Å². The lowest BCUT2D eigenvalue weighted by molar-refractivity contribution is 0.0710. The number of carbonyl (C=O) groups is 2. The van der Waals surface area contributed by atoms with Crippen molar-refractivity contribution in [1.82, 2.24) is 4.90 Å². The summed E-state index contributed by atoms with van der Waals surface area (Å²) in [6.07, 6.45) is 2.55. The lowest BCUT2D eigenvalue weighted by Crippen LogP contribution is -2.46. The van der Waals surface area contributed by atoms with Crippen LogP contribution in [0.15, 0.2) is 30.9 Å². The van der Waals surface area contributed by atoms with E-state index in [1.165, 1.54) is 0 Å². The molecule has 0 radical (unpaired) electrons. The van der Waals surface area contributed by atoms with Crippen LogP contribution in [0.1, 0.15) is 40.1 Å². The van der Waals surface area contributed by atoms with Crippen molar-refractivity contribution in [2.45, 2.75) is 19.3 Å². The molecule has 2 rings (SSSR count). The molecule has 1 aromatic rings. The maximum absolute atomic E-state index is 12.3. The average Bonchev–Trinajstić information content (AvgIpc) is 2.35. The quantitative estimate of drug-likeness (QED) is 0.604. The van der Waals surface area contributed by atoms with Gasteiger partial charge in [-0.3, -0.25) is 9.59 Å². The topological polar surface area (TPSA) is 37.4 Å². The van der Waals surface area contributed by atoms with E-state index in [4.69, 9.17) is 0 Å². The number of rotatable bonds is 3. The van der Waals surface area contributed by atoms with Crippen molar-refractivity contribution in [3.63, 3.8) is 0 Å². The van der Waals surface area contributed by atoms with Gasteiger partial charge in [-0.2, -0.15) is 0 Å². The number of nitrogens with zero attached hydrogens (tertiary/aromatic N) is 1. The van der Waals surface area contributed by atoms with Crippen molar-refractivity contribution in [3.8, 4) is 0 Å². The van der Waals surface area contributed by atoms with Crippen molar-refractivity contribution >= 4 is 12.2 Å². The zero-order valence-electron chi connectivity index (χ0n) is 10.8. The van der Waals surface area contributed by atoms with Crippen molar-refractivity contribution in [1.29, 1.82) is 0 Å². The van der Waals surface area contributed by atoms with Crippen LogP contribution in [-0.2, 0) is 5.41 Å². The Morgan fingerprint density at radius 2 is 2.17 bits per heavy atom. The highest BCUT2D eigenvalue weighted by atomic mass is 16.2. The molecule has 1 aromatic carbocycles. The van der Waals surface area contributed by atoms with Crippen molar-refractivity contribution in [2.24, 2.45) is 0 Å². The number of carbonyl (C=O) groups excluding carboxylic acids is 2. The number of amides is 1. The molecule has 1 amide bonds. The Bertz CT molecular complexity index is 517. The van der Waals surface area contributed by atoms with Gasteiger partial charge in [-0.1, -0.05) is 26.0 Å². The number of hydrogen-bond acceptors (Lipinski definition) is 2. The number of benzene rings is 1. The van der Waals surface area contributed by atoms with Gasteiger partial charge in [0.25, 0.3) is 5.91 Å². The highest BCUT2D eigenvalue weighted by molar-refractivity contribution is 5.98. The van der Waals surface area contributed by atoms with Gasteiger partial charge in [0.2, 0.25) is 0 Å². The molecule has 0 spiro atoms. The Morgan fingerprint density at radius 3 is 2.78 bits per heavy atom. The fraction of sp³-hybridized carbons (Fsp3) is 0.333. The highest BCUT2D eigenvalue weighted by Gasteiger charge is 2.35. The van der Waals surface area contributed by atoms with Crippen LogP contribution in [-0.4, -0.2) is 30.2 Å². The molecule has 3 nitrogen and oxygen atoms in total. The van der Waals surface area contributed by atoms with Gasteiger partial charge in [0, 0.05) is 29.6 Å². The van der Waals surface area contributed by atoms with E-state index in [-0.39, 0.29) is 11.3 Å². The minimum absolute atomic E-state index is 0.0154. The molecule has 3 heteroatoms. The third-order valence-electron chi connectivity index (χ3n) is 3.36. The molecule has 18 heavy (non-hydrogen) atoms. The summed E-state index contributed by atoms with van der Waals surface area (Å²) in [6.45, 7) is 9.05. The molecule has 0 atom stereocenters. The van der Waals surface area contributed by atoms with Crippen LogP contribution in [0.25, 0.3) is 0 Å². The van der Waals surface area contributed by atoms with Gasteiger partial charge >= 0.3 is 0 Å². The first-order chi connectivity index (χ1) is 8.49. The lowest BCUT2D eigenvalue weighted by Gasteiger charge is -2.39. The monoisotopic (exact) mass is 243 g/mol. The van der Waals surface area contributed by atoms with Gasteiger partial charge in [0.15, 0.2) is 0 Å². The predicted molar refractivity (Wildman–Crippen MR) is 71.0 cm³/mol. The highest BCUT2D eigenvalue weighted by Crippen LogP contribution is 2.33. The molecule has 0 bridgehead atoms. The molecule has 0 saturated carbocycles. The summed E-state index contributed by atoms with van der Waals surface area (Å²) >= 11 is 0. The molecule has 0 fully saturated rings. The number of hydrogen-bond donors (Lipinski definition) is 0. The number of aldehydes is 1. The van der Waals surface area contributed by atoms with E-state index < -0.39 is 0 Å². The molecule has 0 unspecified atom stereocenters. The van der Waals surface area contributed by atoms with E-state index in [2.05, 4.69) is 20.4 Å². The normalized spacial score (nSPS) is 17.2. The third-order valence-corrected chi connectivity index (χ3v) is 3.36. The average molecular weight is 243 g/mol. The Labute approximate surface area is 107 Å². The van der Waals surface area contributed by atoms with Crippen LogP contribution in [0, 0.1) is 0 Å². The number of fused-ring (bicyclic) bond motifs is 1. The van der Waals surface area contributed by atoms with Crippen LogP contribution >= 0.6 is 0 Å². The first kappa shape index (κ1) is 12.6. The van der Waals surface area contributed by atoms with Crippen molar-refractivity contribution in [2.75, 3.05) is 13.1 Å². The second-order valence-electron chi connectivity index (χ2n) is 5.28. The fourth-order valence-corrected chi connectivity index (χ4v) is 2.49. The van der Waals surface area contributed by atoms with E-state index in [9.17, 15) is 9.59 Å². The second-order valence-corrected chi connectivity index (χ2v) is 5.28. The van der Waals surface area contributed by atoms with E-state index in [0.717, 1.165) is 11.8 Å². The summed E-state index contributed by atoms with van der Waals surface area (Å²) in [7, 11) is 0. The molecular formula is C15H17NO2. The Balaban J connectivity index is 2.54. The van der Waals surface area contributed by atoms with Gasteiger partial charge in [0.05, 0.1) is 0 Å². The predicted octanol–water partition coefficient (Wildman–Crippen LogP) is 2.42. The molecule has 1 aliphatic heterocycles. The first-order valence-electron chi connectivity index (χ1n) is 5.99. The van der Waals surface area contributed by atoms with E-state index in [1.807, 2.05) is 6.07 Å². The fourth-order valence-electron chi connectivity index (χ4n) is 2.49. The Hall–Kier alpha value is -1.90. The van der Waals surface area contributed by atoms with Crippen LogP contribution in [0.4, 0.5) is 0 Å². The summed E-state index contributed by atoms with van der Waals surface area (Å²) in [5.74, 6) is 0.0154. The molecule has 94 valence electrons. The van der Waals surface area contributed by atoms with Crippen LogP contribution < -0.4 is 0 Å². The van der Waals surface area contributed by atoms with Gasteiger partial charge < -0.3 is 4.90 Å². The summed E-state index contributed by atoms with van der Waals surface area (Å²) in [5, 5.41) is 0. The van der Waals surface area contributed by atoms with Crippen molar-refractivity contribution < 1.29 is 9.59 Å². The van der Waals surface area contributed by atoms with Crippen LogP contribution in [0.2, 0.25) is 0 Å². The summed E-state index contributed by atoms with van der Waals surface area (Å²) in [5.41, 5.74) is 2.12.